The molecule has 0 aromatic carbocycles. The fraction of sp³-hybridized carbons (Fsp3) is 0.625. The third-order valence-electron chi connectivity index (χ3n) is 4.93. The molecule has 0 radical (unpaired) electrons. The van der Waals surface area contributed by atoms with Crippen LogP contribution in [0.3, 0.4) is 0 Å². The number of pyridine rings is 1. The number of carbonyl (C=O) groups excluding carboxylic acids is 1. The van der Waals surface area contributed by atoms with Gasteiger partial charge in [-0.25, -0.2) is 4.98 Å². The van der Waals surface area contributed by atoms with Crippen LogP contribution in [0.4, 0.5) is 0 Å². The fourth-order valence-electron chi connectivity index (χ4n) is 3.84. The number of piperidine rings is 1. The van der Waals surface area contributed by atoms with Crippen molar-refractivity contribution in [2.24, 2.45) is 11.8 Å². The number of nitrogens with zero attached hydrogens (tertiary/aromatic N) is 2. The van der Waals surface area contributed by atoms with Crippen molar-refractivity contribution in [2.45, 2.75) is 45.1 Å². The van der Waals surface area contributed by atoms with Gasteiger partial charge in [0.05, 0.1) is 0 Å². The molecule has 20 heavy (non-hydrogen) atoms. The van der Waals surface area contributed by atoms with E-state index in [1.54, 1.807) is 18.2 Å². The summed E-state index contributed by atoms with van der Waals surface area (Å²) in [6.07, 6.45) is 6.05. The Morgan fingerprint density at radius 3 is 2.90 bits per heavy atom. The largest absolute Gasteiger partial charge is 0.334 e. The van der Waals surface area contributed by atoms with Crippen molar-refractivity contribution in [3.05, 3.63) is 29.0 Å². The molecule has 1 saturated heterocycles. The van der Waals surface area contributed by atoms with E-state index in [4.69, 9.17) is 11.6 Å². The second-order valence-corrected chi connectivity index (χ2v) is 6.51. The van der Waals surface area contributed by atoms with Crippen molar-refractivity contribution >= 4 is 17.5 Å². The van der Waals surface area contributed by atoms with E-state index in [2.05, 4.69) is 16.8 Å². The summed E-state index contributed by atoms with van der Waals surface area (Å²) in [5.41, 5.74) is 0.483. The van der Waals surface area contributed by atoms with Crippen LogP contribution in [0.2, 0.25) is 5.15 Å². The Kier molecular flexibility index (Phi) is 3.97. The maximum Gasteiger partial charge on any atom is 0.272 e. The topological polar surface area (TPSA) is 33.2 Å². The molecule has 3 unspecified atom stereocenters. The van der Waals surface area contributed by atoms with Crippen molar-refractivity contribution in [1.82, 2.24) is 9.88 Å². The van der Waals surface area contributed by atoms with Gasteiger partial charge >= 0.3 is 0 Å². The Morgan fingerprint density at radius 2 is 2.10 bits per heavy atom. The van der Waals surface area contributed by atoms with Gasteiger partial charge in [-0.1, -0.05) is 37.4 Å². The summed E-state index contributed by atoms with van der Waals surface area (Å²) in [7, 11) is 0. The van der Waals surface area contributed by atoms with Crippen LogP contribution >= 0.6 is 11.6 Å². The monoisotopic (exact) mass is 292 g/mol. The van der Waals surface area contributed by atoms with Crippen LogP contribution in [0, 0.1) is 11.8 Å². The van der Waals surface area contributed by atoms with Crippen LogP contribution in [-0.2, 0) is 0 Å². The van der Waals surface area contributed by atoms with Crippen LogP contribution < -0.4 is 0 Å². The molecule has 0 N–H and O–H groups in total. The number of likely N-dealkylation sites (tertiary alicyclic amines) is 1. The predicted molar refractivity (Wildman–Crippen MR) is 79.8 cm³/mol. The van der Waals surface area contributed by atoms with E-state index >= 15 is 0 Å². The number of aromatic nitrogens is 1. The Labute approximate surface area is 125 Å². The van der Waals surface area contributed by atoms with E-state index in [1.165, 1.54) is 19.3 Å². The van der Waals surface area contributed by atoms with Gasteiger partial charge in [0.25, 0.3) is 5.91 Å². The zero-order valence-electron chi connectivity index (χ0n) is 11.9. The first-order valence-corrected chi connectivity index (χ1v) is 7.98. The number of hydrogen-bond donors (Lipinski definition) is 0. The van der Waals surface area contributed by atoms with Crippen molar-refractivity contribution in [3.63, 3.8) is 0 Å². The van der Waals surface area contributed by atoms with Gasteiger partial charge in [-0.15, -0.1) is 0 Å². The first kappa shape index (κ1) is 13.9. The lowest BCUT2D eigenvalue weighted by Crippen LogP contribution is -2.52. The number of carbonyl (C=O) groups is 1. The lowest BCUT2D eigenvalue weighted by atomic mass is 9.72. The normalized spacial score (nSPS) is 29.9. The highest BCUT2D eigenvalue weighted by Crippen LogP contribution is 2.39. The maximum atomic E-state index is 12.7. The molecule has 0 spiro atoms. The minimum absolute atomic E-state index is 0.0521. The maximum absolute atomic E-state index is 12.7. The van der Waals surface area contributed by atoms with E-state index in [9.17, 15) is 4.79 Å². The summed E-state index contributed by atoms with van der Waals surface area (Å²) in [6, 6.07) is 5.68. The second-order valence-electron chi connectivity index (χ2n) is 6.13. The summed E-state index contributed by atoms with van der Waals surface area (Å²) < 4.78 is 0. The standard InChI is InChI=1S/C16H21ClN2O/c1-11-9-10-19(14-7-3-2-5-12(11)14)16(20)13-6-4-8-15(17)18-13/h4,6,8,11-12,14H,2-3,5,7,9-10H2,1H3. The molecule has 1 aromatic rings. The molecule has 1 aliphatic heterocycles. The molecule has 1 amide bonds. The Hall–Kier alpha value is -1.09. The number of amides is 1. The average molecular weight is 293 g/mol. The third kappa shape index (κ3) is 2.56. The van der Waals surface area contributed by atoms with Gasteiger partial charge in [-0.05, 0) is 43.2 Å². The first-order valence-electron chi connectivity index (χ1n) is 7.60. The van der Waals surface area contributed by atoms with E-state index in [1.807, 2.05) is 0 Å². The van der Waals surface area contributed by atoms with Gasteiger partial charge in [-0.3, -0.25) is 4.79 Å². The number of halogens is 1. The van der Waals surface area contributed by atoms with Crippen molar-refractivity contribution in [3.8, 4) is 0 Å². The van der Waals surface area contributed by atoms with E-state index in [0.29, 0.717) is 22.8 Å². The van der Waals surface area contributed by atoms with Crippen LogP contribution in [0.5, 0.6) is 0 Å². The number of hydrogen-bond acceptors (Lipinski definition) is 2. The highest BCUT2D eigenvalue weighted by molar-refractivity contribution is 6.29. The smallest absolute Gasteiger partial charge is 0.272 e. The summed E-state index contributed by atoms with van der Waals surface area (Å²) >= 11 is 5.91. The molecule has 1 aliphatic carbocycles. The third-order valence-corrected chi connectivity index (χ3v) is 5.14. The van der Waals surface area contributed by atoms with E-state index < -0.39 is 0 Å². The molecule has 3 nitrogen and oxygen atoms in total. The van der Waals surface area contributed by atoms with Gasteiger partial charge in [0.15, 0.2) is 0 Å². The second kappa shape index (κ2) is 5.72. The van der Waals surface area contributed by atoms with Crippen LogP contribution in [0.25, 0.3) is 0 Å². The van der Waals surface area contributed by atoms with Crippen molar-refractivity contribution in [2.75, 3.05) is 6.54 Å². The van der Waals surface area contributed by atoms with Gasteiger partial charge in [-0.2, -0.15) is 0 Å². The zero-order valence-corrected chi connectivity index (χ0v) is 12.6. The van der Waals surface area contributed by atoms with Gasteiger partial charge in [0.2, 0.25) is 0 Å². The van der Waals surface area contributed by atoms with Crippen molar-refractivity contribution < 1.29 is 4.79 Å². The van der Waals surface area contributed by atoms with E-state index in [-0.39, 0.29) is 5.91 Å². The molecular weight excluding hydrogens is 272 g/mol. The summed E-state index contributed by atoms with van der Waals surface area (Å²) in [5.74, 6) is 1.45. The molecule has 1 saturated carbocycles. The lowest BCUT2D eigenvalue weighted by Gasteiger charge is -2.47. The summed E-state index contributed by atoms with van der Waals surface area (Å²) in [5, 5.41) is 0.390. The molecule has 108 valence electrons. The SMILES string of the molecule is CC1CCN(C(=O)c2cccc(Cl)n2)C2CCCCC12. The molecular formula is C16H21ClN2O. The average Bonchev–Trinajstić information content (AvgIpc) is 2.47. The van der Waals surface area contributed by atoms with Crippen LogP contribution in [0.1, 0.15) is 49.5 Å². The Morgan fingerprint density at radius 1 is 1.30 bits per heavy atom. The molecule has 2 fully saturated rings. The van der Waals surface area contributed by atoms with Gasteiger partial charge < -0.3 is 4.90 Å². The predicted octanol–water partition coefficient (Wildman–Crippen LogP) is 3.78. The van der Waals surface area contributed by atoms with E-state index in [0.717, 1.165) is 25.3 Å². The highest BCUT2D eigenvalue weighted by atomic mass is 35.5. The Balaban J connectivity index is 1.83. The zero-order chi connectivity index (χ0) is 14.1. The van der Waals surface area contributed by atoms with Crippen LogP contribution in [0.15, 0.2) is 18.2 Å². The molecule has 1 aromatic heterocycles. The molecule has 3 atom stereocenters. The minimum Gasteiger partial charge on any atom is -0.334 e. The minimum atomic E-state index is 0.0521. The van der Waals surface area contributed by atoms with Crippen molar-refractivity contribution in [1.29, 1.82) is 0 Å². The molecule has 4 heteroatoms. The molecule has 2 aliphatic rings. The van der Waals surface area contributed by atoms with Gasteiger partial charge in [0.1, 0.15) is 10.8 Å². The fourth-order valence-corrected chi connectivity index (χ4v) is 4.00. The lowest BCUT2D eigenvalue weighted by molar-refractivity contribution is 0.0213. The molecule has 2 heterocycles. The Bertz CT molecular complexity index is 505. The highest BCUT2D eigenvalue weighted by Gasteiger charge is 2.39. The molecule has 0 bridgehead atoms. The molecule has 3 rings (SSSR count). The summed E-state index contributed by atoms with van der Waals surface area (Å²) in [4.78, 5) is 19.0. The van der Waals surface area contributed by atoms with Crippen LogP contribution in [-0.4, -0.2) is 28.4 Å². The first-order chi connectivity index (χ1) is 9.66. The number of fused-ring (bicyclic) bond motifs is 1. The summed E-state index contributed by atoms with van der Waals surface area (Å²) in [6.45, 7) is 3.19. The number of rotatable bonds is 1. The quantitative estimate of drug-likeness (QED) is 0.738. The van der Waals surface area contributed by atoms with Gasteiger partial charge in [0, 0.05) is 12.6 Å².